The molecule has 0 bridgehead atoms. The molecule has 2 rings (SSSR count). The fraction of sp³-hybridized carbons (Fsp3) is 0.533. The lowest BCUT2D eigenvalue weighted by Gasteiger charge is -2.34. The van der Waals surface area contributed by atoms with Crippen molar-refractivity contribution in [1.82, 2.24) is 0 Å². The molecule has 0 radical (unpaired) electrons. The van der Waals surface area contributed by atoms with E-state index in [1.54, 1.807) is 11.8 Å². The van der Waals surface area contributed by atoms with Gasteiger partial charge in [0.2, 0.25) is 5.91 Å². The number of nitrogens with two attached hydrogens (primary N) is 1. The molecule has 0 unspecified atom stereocenters. The fourth-order valence-electron chi connectivity index (χ4n) is 2.72. The molecule has 1 aliphatic rings. The number of thioether (sulfide) groups is 1. The Morgan fingerprint density at radius 2 is 2.11 bits per heavy atom. The second-order valence-electron chi connectivity index (χ2n) is 5.23. The maximum absolute atomic E-state index is 12.5. The van der Waals surface area contributed by atoms with Crippen LogP contribution in [0.15, 0.2) is 29.2 Å². The van der Waals surface area contributed by atoms with Crippen LogP contribution < -0.4 is 11.1 Å². The van der Waals surface area contributed by atoms with Gasteiger partial charge in [-0.1, -0.05) is 25.3 Å². The summed E-state index contributed by atoms with van der Waals surface area (Å²) in [5.41, 5.74) is 6.40. The summed E-state index contributed by atoms with van der Waals surface area (Å²) in [6.07, 6.45) is 7.29. The number of carbonyl (C=O) groups excluding carboxylic acids is 1. The number of anilines is 1. The minimum atomic E-state index is -0.354. The average Bonchev–Trinajstić information content (AvgIpc) is 2.48. The first kappa shape index (κ1) is 14.4. The molecule has 3 nitrogen and oxygen atoms in total. The lowest BCUT2D eigenvalue weighted by Crippen LogP contribution is -2.43. The van der Waals surface area contributed by atoms with E-state index < -0.39 is 0 Å². The first-order valence-corrected chi connectivity index (χ1v) is 8.08. The van der Waals surface area contributed by atoms with Gasteiger partial charge < -0.3 is 11.1 Å². The highest BCUT2D eigenvalue weighted by Gasteiger charge is 2.38. The van der Waals surface area contributed by atoms with Crippen molar-refractivity contribution < 1.29 is 4.79 Å². The van der Waals surface area contributed by atoms with Gasteiger partial charge in [0.25, 0.3) is 0 Å². The van der Waals surface area contributed by atoms with Crippen molar-refractivity contribution in [1.29, 1.82) is 0 Å². The van der Waals surface area contributed by atoms with Crippen LogP contribution in [0.3, 0.4) is 0 Å². The van der Waals surface area contributed by atoms with Gasteiger partial charge in [0, 0.05) is 17.1 Å². The van der Waals surface area contributed by atoms with Crippen LogP contribution in [0, 0.1) is 5.41 Å². The summed E-state index contributed by atoms with van der Waals surface area (Å²) >= 11 is 1.67. The molecule has 1 aromatic carbocycles. The van der Waals surface area contributed by atoms with E-state index in [0.717, 1.165) is 36.3 Å². The highest BCUT2D eigenvalue weighted by atomic mass is 32.2. The Morgan fingerprint density at radius 3 is 2.74 bits per heavy atom. The monoisotopic (exact) mass is 278 g/mol. The number of rotatable bonds is 4. The zero-order chi connectivity index (χ0) is 13.7. The van der Waals surface area contributed by atoms with E-state index >= 15 is 0 Å². The van der Waals surface area contributed by atoms with Crippen LogP contribution in [0.5, 0.6) is 0 Å². The van der Waals surface area contributed by atoms with Crippen LogP contribution in [0.2, 0.25) is 0 Å². The van der Waals surface area contributed by atoms with Gasteiger partial charge in [-0.05, 0) is 37.3 Å². The van der Waals surface area contributed by atoms with Crippen molar-refractivity contribution in [2.75, 3.05) is 18.1 Å². The minimum Gasteiger partial charge on any atom is -0.329 e. The Balaban J connectivity index is 2.10. The molecule has 0 heterocycles. The lowest BCUT2D eigenvalue weighted by molar-refractivity contribution is -0.126. The molecule has 0 spiro atoms. The van der Waals surface area contributed by atoms with E-state index in [-0.39, 0.29) is 11.3 Å². The summed E-state index contributed by atoms with van der Waals surface area (Å²) in [6.45, 7) is 0.445. The van der Waals surface area contributed by atoms with Gasteiger partial charge in [0.1, 0.15) is 0 Å². The molecule has 0 atom stereocenters. The molecule has 0 aromatic heterocycles. The first-order chi connectivity index (χ1) is 9.20. The van der Waals surface area contributed by atoms with Crippen LogP contribution in [-0.4, -0.2) is 18.7 Å². The first-order valence-electron chi connectivity index (χ1n) is 6.86. The fourth-order valence-corrected chi connectivity index (χ4v) is 3.18. The third-order valence-electron chi connectivity index (χ3n) is 4.01. The quantitative estimate of drug-likeness (QED) is 0.831. The van der Waals surface area contributed by atoms with Gasteiger partial charge >= 0.3 is 0 Å². The second-order valence-corrected chi connectivity index (χ2v) is 6.11. The standard InChI is InChI=1S/C15H22N2OS/c1-19-13-7-5-6-12(10-13)17-14(18)15(11-16)8-3-2-4-9-15/h5-7,10H,2-4,8-9,11,16H2,1H3,(H,17,18). The zero-order valence-corrected chi connectivity index (χ0v) is 12.3. The number of carbonyl (C=O) groups is 1. The van der Waals surface area contributed by atoms with Crippen LogP contribution in [-0.2, 0) is 4.79 Å². The highest BCUT2D eigenvalue weighted by Crippen LogP contribution is 2.36. The van der Waals surface area contributed by atoms with E-state index in [1.807, 2.05) is 30.5 Å². The molecule has 4 heteroatoms. The van der Waals surface area contributed by atoms with Crippen LogP contribution in [0.25, 0.3) is 0 Å². The molecule has 104 valence electrons. The van der Waals surface area contributed by atoms with Gasteiger partial charge in [-0.2, -0.15) is 0 Å². The Hall–Kier alpha value is -1.00. The maximum Gasteiger partial charge on any atom is 0.231 e. The van der Waals surface area contributed by atoms with Crippen LogP contribution in [0.1, 0.15) is 32.1 Å². The molecule has 1 saturated carbocycles. The summed E-state index contributed by atoms with van der Waals surface area (Å²) in [4.78, 5) is 13.7. The third-order valence-corrected chi connectivity index (χ3v) is 4.74. The van der Waals surface area contributed by atoms with Crippen molar-refractivity contribution in [3.05, 3.63) is 24.3 Å². The molecular weight excluding hydrogens is 256 g/mol. The molecule has 0 aliphatic heterocycles. The predicted molar refractivity (Wildman–Crippen MR) is 81.4 cm³/mol. The van der Waals surface area contributed by atoms with E-state index in [1.165, 1.54) is 6.42 Å². The smallest absolute Gasteiger partial charge is 0.231 e. The second kappa shape index (κ2) is 6.44. The molecule has 1 amide bonds. The number of amides is 1. The summed E-state index contributed by atoms with van der Waals surface area (Å²) in [7, 11) is 0. The molecule has 1 aromatic rings. The average molecular weight is 278 g/mol. The molecule has 1 aliphatic carbocycles. The van der Waals surface area contributed by atoms with Gasteiger partial charge in [-0.3, -0.25) is 4.79 Å². The topological polar surface area (TPSA) is 55.1 Å². The zero-order valence-electron chi connectivity index (χ0n) is 11.4. The maximum atomic E-state index is 12.5. The SMILES string of the molecule is CSc1cccc(NC(=O)C2(CN)CCCCC2)c1. The van der Waals surface area contributed by atoms with Gasteiger partial charge in [0.05, 0.1) is 5.41 Å². The van der Waals surface area contributed by atoms with E-state index in [0.29, 0.717) is 6.54 Å². The van der Waals surface area contributed by atoms with Gasteiger partial charge in [0.15, 0.2) is 0 Å². The van der Waals surface area contributed by atoms with Crippen molar-refractivity contribution in [2.24, 2.45) is 11.1 Å². The largest absolute Gasteiger partial charge is 0.329 e. The normalized spacial score (nSPS) is 18.0. The van der Waals surface area contributed by atoms with Crippen LogP contribution in [0.4, 0.5) is 5.69 Å². The van der Waals surface area contributed by atoms with E-state index in [9.17, 15) is 4.79 Å². The highest BCUT2D eigenvalue weighted by molar-refractivity contribution is 7.98. The van der Waals surface area contributed by atoms with Crippen molar-refractivity contribution in [2.45, 2.75) is 37.0 Å². The van der Waals surface area contributed by atoms with E-state index in [2.05, 4.69) is 5.32 Å². The summed E-state index contributed by atoms with van der Waals surface area (Å²) in [5, 5.41) is 3.05. The summed E-state index contributed by atoms with van der Waals surface area (Å²) in [5.74, 6) is 0.0907. The number of nitrogens with one attached hydrogen (secondary N) is 1. The molecule has 19 heavy (non-hydrogen) atoms. The van der Waals surface area contributed by atoms with Gasteiger partial charge in [-0.15, -0.1) is 11.8 Å². The van der Waals surface area contributed by atoms with E-state index in [4.69, 9.17) is 5.73 Å². The number of benzene rings is 1. The Bertz CT molecular complexity index is 442. The predicted octanol–water partition coefficient (Wildman–Crippen LogP) is 3.26. The Kier molecular flexibility index (Phi) is 4.88. The van der Waals surface area contributed by atoms with Crippen molar-refractivity contribution in [3.63, 3.8) is 0 Å². The lowest BCUT2D eigenvalue weighted by atomic mass is 9.73. The summed E-state index contributed by atoms with van der Waals surface area (Å²) < 4.78 is 0. The van der Waals surface area contributed by atoms with Gasteiger partial charge in [-0.25, -0.2) is 0 Å². The molecule has 1 fully saturated rings. The van der Waals surface area contributed by atoms with Crippen molar-refractivity contribution >= 4 is 23.4 Å². The number of hydrogen-bond acceptors (Lipinski definition) is 3. The minimum absolute atomic E-state index is 0.0907. The molecular formula is C15H22N2OS. The Labute approximate surface area is 119 Å². The third kappa shape index (κ3) is 3.31. The number of hydrogen-bond donors (Lipinski definition) is 2. The molecule has 0 saturated heterocycles. The molecule has 3 N–H and O–H groups in total. The summed E-state index contributed by atoms with van der Waals surface area (Å²) in [6, 6.07) is 7.96. The van der Waals surface area contributed by atoms with Crippen molar-refractivity contribution in [3.8, 4) is 0 Å². The van der Waals surface area contributed by atoms with Crippen LogP contribution >= 0.6 is 11.8 Å². The Morgan fingerprint density at radius 1 is 1.37 bits per heavy atom.